The number of piperazine rings is 1. The largest absolute Gasteiger partial charge is 0.374 e. The Morgan fingerprint density at radius 2 is 1.82 bits per heavy atom. The zero-order valence-corrected chi connectivity index (χ0v) is 15.4. The summed E-state index contributed by atoms with van der Waals surface area (Å²) in [5.41, 5.74) is 1.37. The maximum Gasteiger partial charge on any atom is 0.0501 e. The summed E-state index contributed by atoms with van der Waals surface area (Å²) < 4.78 is 0. The van der Waals surface area contributed by atoms with Crippen LogP contribution in [0, 0.1) is 0 Å². The summed E-state index contributed by atoms with van der Waals surface area (Å²) in [6.45, 7) is 11.7. The van der Waals surface area contributed by atoms with Crippen LogP contribution in [-0.2, 0) is 0 Å². The minimum absolute atomic E-state index is 0.625. The second kappa shape index (κ2) is 8.80. The number of hydrogen-bond acceptors (Lipinski definition) is 4. The Morgan fingerprint density at radius 1 is 1.14 bits per heavy atom. The fourth-order valence-electron chi connectivity index (χ4n) is 2.85. The SMILES string of the molecule is CC(C)Sc1ccccc1N(C)CCCN1CCN(C)CC1. The van der Waals surface area contributed by atoms with Crippen molar-refractivity contribution >= 4 is 17.4 Å². The van der Waals surface area contributed by atoms with E-state index in [2.05, 4.69) is 66.9 Å². The molecule has 1 aromatic carbocycles. The first-order valence-corrected chi connectivity index (χ1v) is 9.32. The van der Waals surface area contributed by atoms with Crippen molar-refractivity contribution < 1.29 is 0 Å². The zero-order chi connectivity index (χ0) is 15.9. The number of rotatable bonds is 7. The van der Waals surface area contributed by atoms with Crippen molar-refractivity contribution in [2.75, 3.05) is 58.3 Å². The Bertz CT molecular complexity index is 442. The Hall–Kier alpha value is -0.710. The van der Waals surface area contributed by atoms with Gasteiger partial charge in [0.2, 0.25) is 0 Å². The van der Waals surface area contributed by atoms with E-state index in [0.29, 0.717) is 5.25 Å². The number of anilines is 1. The summed E-state index contributed by atoms with van der Waals surface area (Å²) in [6, 6.07) is 8.79. The molecular formula is C18H31N3S. The quantitative estimate of drug-likeness (QED) is 0.713. The van der Waals surface area contributed by atoms with Gasteiger partial charge >= 0.3 is 0 Å². The van der Waals surface area contributed by atoms with E-state index in [1.54, 1.807) is 0 Å². The summed E-state index contributed by atoms with van der Waals surface area (Å²) in [5, 5.41) is 0.625. The van der Waals surface area contributed by atoms with Crippen LogP contribution in [0.5, 0.6) is 0 Å². The van der Waals surface area contributed by atoms with Crippen LogP contribution in [0.3, 0.4) is 0 Å². The van der Waals surface area contributed by atoms with Crippen LogP contribution in [-0.4, -0.2) is 68.4 Å². The van der Waals surface area contributed by atoms with Gasteiger partial charge < -0.3 is 14.7 Å². The molecule has 0 N–H and O–H groups in total. The maximum absolute atomic E-state index is 2.60. The highest BCUT2D eigenvalue weighted by Gasteiger charge is 2.14. The predicted octanol–water partition coefficient (Wildman–Crippen LogP) is 3.26. The van der Waals surface area contributed by atoms with Crippen molar-refractivity contribution in [3.05, 3.63) is 24.3 Å². The Kier molecular flexibility index (Phi) is 7.06. The number of likely N-dealkylation sites (N-methyl/N-ethyl adjacent to an activating group) is 1. The molecule has 1 saturated heterocycles. The predicted molar refractivity (Wildman–Crippen MR) is 99.3 cm³/mol. The number of benzene rings is 1. The van der Waals surface area contributed by atoms with E-state index in [1.165, 1.54) is 49.7 Å². The van der Waals surface area contributed by atoms with Gasteiger partial charge in [-0.25, -0.2) is 0 Å². The number of hydrogen-bond donors (Lipinski definition) is 0. The average Bonchev–Trinajstić information content (AvgIpc) is 2.49. The molecule has 0 bridgehead atoms. The maximum atomic E-state index is 2.60. The van der Waals surface area contributed by atoms with Crippen molar-refractivity contribution in [1.82, 2.24) is 9.80 Å². The molecule has 0 aliphatic carbocycles. The average molecular weight is 322 g/mol. The Morgan fingerprint density at radius 3 is 2.50 bits per heavy atom. The highest BCUT2D eigenvalue weighted by Crippen LogP contribution is 2.32. The molecule has 1 aliphatic heterocycles. The van der Waals surface area contributed by atoms with Gasteiger partial charge in [-0.1, -0.05) is 26.0 Å². The molecule has 1 fully saturated rings. The van der Waals surface area contributed by atoms with Crippen molar-refractivity contribution in [2.45, 2.75) is 30.4 Å². The van der Waals surface area contributed by atoms with Crippen molar-refractivity contribution in [1.29, 1.82) is 0 Å². The lowest BCUT2D eigenvalue weighted by Crippen LogP contribution is -2.45. The second-order valence-corrected chi connectivity index (χ2v) is 8.17. The molecule has 3 nitrogen and oxygen atoms in total. The van der Waals surface area contributed by atoms with Crippen LogP contribution in [0.4, 0.5) is 5.69 Å². The molecule has 1 aliphatic rings. The van der Waals surface area contributed by atoms with Gasteiger partial charge in [0.25, 0.3) is 0 Å². The third kappa shape index (κ3) is 5.49. The third-order valence-electron chi connectivity index (χ3n) is 4.20. The van der Waals surface area contributed by atoms with E-state index in [1.807, 2.05) is 11.8 Å². The zero-order valence-electron chi connectivity index (χ0n) is 14.6. The highest BCUT2D eigenvalue weighted by atomic mass is 32.2. The monoisotopic (exact) mass is 321 g/mol. The van der Waals surface area contributed by atoms with Crippen molar-refractivity contribution in [2.24, 2.45) is 0 Å². The van der Waals surface area contributed by atoms with E-state index in [9.17, 15) is 0 Å². The highest BCUT2D eigenvalue weighted by molar-refractivity contribution is 8.00. The summed E-state index contributed by atoms with van der Waals surface area (Å²) in [7, 11) is 4.44. The van der Waals surface area contributed by atoms with E-state index >= 15 is 0 Å². The van der Waals surface area contributed by atoms with Crippen molar-refractivity contribution in [3.8, 4) is 0 Å². The molecule has 22 heavy (non-hydrogen) atoms. The van der Waals surface area contributed by atoms with Gasteiger partial charge in [-0.05, 0) is 32.1 Å². The van der Waals surface area contributed by atoms with Crippen LogP contribution in [0.25, 0.3) is 0 Å². The minimum atomic E-state index is 0.625. The lowest BCUT2D eigenvalue weighted by molar-refractivity contribution is 0.153. The van der Waals surface area contributed by atoms with Crippen LogP contribution >= 0.6 is 11.8 Å². The Balaban J connectivity index is 1.81. The molecule has 0 aromatic heterocycles. The van der Waals surface area contributed by atoms with E-state index < -0.39 is 0 Å². The fraction of sp³-hybridized carbons (Fsp3) is 0.667. The van der Waals surface area contributed by atoms with Gasteiger partial charge in [-0.3, -0.25) is 0 Å². The van der Waals surface area contributed by atoms with E-state index in [4.69, 9.17) is 0 Å². The molecule has 1 heterocycles. The van der Waals surface area contributed by atoms with E-state index in [-0.39, 0.29) is 0 Å². The number of para-hydroxylation sites is 1. The lowest BCUT2D eigenvalue weighted by Gasteiger charge is -2.33. The van der Waals surface area contributed by atoms with Gasteiger partial charge in [0.1, 0.15) is 0 Å². The standard InChI is InChI=1S/C18H31N3S/c1-16(2)22-18-9-6-5-8-17(18)20(4)10-7-11-21-14-12-19(3)13-15-21/h5-6,8-9,16H,7,10-15H2,1-4H3. The molecule has 1 aromatic rings. The molecule has 0 atom stereocenters. The summed E-state index contributed by atoms with van der Waals surface area (Å²) in [5.74, 6) is 0. The molecule has 0 unspecified atom stereocenters. The lowest BCUT2D eigenvalue weighted by atomic mass is 10.2. The third-order valence-corrected chi connectivity index (χ3v) is 5.27. The normalized spacial score (nSPS) is 17.1. The summed E-state index contributed by atoms with van der Waals surface area (Å²) in [6.07, 6.45) is 1.24. The van der Waals surface area contributed by atoms with Crippen LogP contribution < -0.4 is 4.90 Å². The second-order valence-electron chi connectivity index (χ2n) is 6.55. The van der Waals surface area contributed by atoms with Crippen LogP contribution in [0.15, 0.2) is 29.2 Å². The molecule has 0 spiro atoms. The molecule has 4 heteroatoms. The first-order valence-electron chi connectivity index (χ1n) is 8.44. The summed E-state index contributed by atoms with van der Waals surface area (Å²) >= 11 is 1.96. The topological polar surface area (TPSA) is 9.72 Å². The molecule has 0 amide bonds. The first-order chi connectivity index (χ1) is 10.6. The molecular weight excluding hydrogens is 290 g/mol. The van der Waals surface area contributed by atoms with Crippen LogP contribution in [0.1, 0.15) is 20.3 Å². The Labute approximate surface area is 140 Å². The summed E-state index contributed by atoms with van der Waals surface area (Å²) in [4.78, 5) is 8.84. The molecule has 0 saturated carbocycles. The molecule has 0 radical (unpaired) electrons. The minimum Gasteiger partial charge on any atom is -0.374 e. The fourth-order valence-corrected chi connectivity index (χ4v) is 3.86. The van der Waals surface area contributed by atoms with Gasteiger partial charge in [-0.2, -0.15) is 0 Å². The van der Waals surface area contributed by atoms with Gasteiger partial charge in [0, 0.05) is 49.9 Å². The van der Waals surface area contributed by atoms with Gasteiger partial charge in [-0.15, -0.1) is 11.8 Å². The first kappa shape index (κ1) is 17.6. The number of thioether (sulfide) groups is 1. The molecule has 124 valence electrons. The number of nitrogens with zero attached hydrogens (tertiary/aromatic N) is 3. The van der Waals surface area contributed by atoms with E-state index in [0.717, 1.165) is 6.54 Å². The smallest absolute Gasteiger partial charge is 0.0501 e. The van der Waals surface area contributed by atoms with Gasteiger partial charge in [0.05, 0.1) is 5.69 Å². The van der Waals surface area contributed by atoms with Crippen molar-refractivity contribution in [3.63, 3.8) is 0 Å². The van der Waals surface area contributed by atoms with Gasteiger partial charge in [0.15, 0.2) is 0 Å². The van der Waals surface area contributed by atoms with Crippen LogP contribution in [0.2, 0.25) is 0 Å². The molecule has 2 rings (SSSR count).